The highest BCUT2D eigenvalue weighted by molar-refractivity contribution is 6.34. The lowest BCUT2D eigenvalue weighted by atomic mass is 10.1. The van der Waals surface area contributed by atoms with Gasteiger partial charge in [0.15, 0.2) is 0 Å². The lowest BCUT2D eigenvalue weighted by Gasteiger charge is -2.01. The number of pyridine rings is 1. The van der Waals surface area contributed by atoms with Gasteiger partial charge in [-0.3, -0.25) is 10.1 Å². The summed E-state index contributed by atoms with van der Waals surface area (Å²) in [7, 11) is 0. The van der Waals surface area contributed by atoms with Crippen LogP contribution in [0.25, 0.3) is 10.8 Å². The Labute approximate surface area is 95.0 Å². The molecule has 0 radical (unpaired) electrons. The fraction of sp³-hybridized carbons (Fsp3) is 0. The van der Waals surface area contributed by atoms with Gasteiger partial charge in [0.1, 0.15) is 16.8 Å². The fourth-order valence-electron chi connectivity index (χ4n) is 1.49. The topological polar surface area (TPSA) is 79.8 Å². The van der Waals surface area contributed by atoms with Crippen LogP contribution in [0.3, 0.4) is 0 Å². The number of fused-ring (bicyclic) bond motifs is 1. The Morgan fingerprint density at radius 1 is 1.38 bits per heavy atom. The number of benzene rings is 1. The van der Waals surface area contributed by atoms with E-state index < -0.39 is 4.92 Å². The Hall–Kier alpha value is -2.19. The van der Waals surface area contributed by atoms with Crippen LogP contribution in [-0.2, 0) is 0 Å². The van der Waals surface area contributed by atoms with Crippen molar-refractivity contribution in [3.8, 4) is 6.07 Å². The molecule has 5 nitrogen and oxygen atoms in total. The molecule has 0 bridgehead atoms. The second-order valence-electron chi connectivity index (χ2n) is 3.02. The molecule has 1 heterocycles. The van der Waals surface area contributed by atoms with Crippen LogP contribution in [0.5, 0.6) is 0 Å². The lowest BCUT2D eigenvalue weighted by Crippen LogP contribution is -1.93. The normalized spacial score (nSPS) is 10.0. The van der Waals surface area contributed by atoms with Crippen molar-refractivity contribution in [3.63, 3.8) is 0 Å². The average molecular weight is 234 g/mol. The summed E-state index contributed by atoms with van der Waals surface area (Å²) in [6.45, 7) is 0. The molecule has 0 aliphatic carbocycles. The van der Waals surface area contributed by atoms with Gasteiger partial charge in [0.25, 0.3) is 5.69 Å². The first-order chi connectivity index (χ1) is 7.65. The molecule has 6 heteroatoms. The molecular weight excluding hydrogens is 230 g/mol. The van der Waals surface area contributed by atoms with Crippen LogP contribution in [-0.4, -0.2) is 9.91 Å². The summed E-state index contributed by atoms with van der Waals surface area (Å²) in [6.07, 6.45) is 1.35. The van der Waals surface area contributed by atoms with Gasteiger partial charge in [-0.05, 0) is 18.2 Å². The van der Waals surface area contributed by atoms with E-state index in [-0.39, 0.29) is 16.4 Å². The minimum Gasteiger partial charge on any atom is -0.258 e. The second kappa shape index (κ2) is 3.76. The summed E-state index contributed by atoms with van der Waals surface area (Å²) in [4.78, 5) is 14.1. The summed E-state index contributed by atoms with van der Waals surface area (Å²) in [5.41, 5.74) is -0.0460. The summed E-state index contributed by atoms with van der Waals surface area (Å²) < 4.78 is 0. The third kappa shape index (κ3) is 1.45. The number of hydrogen-bond acceptors (Lipinski definition) is 4. The van der Waals surface area contributed by atoms with Crippen LogP contribution in [0, 0.1) is 21.4 Å². The zero-order valence-electron chi connectivity index (χ0n) is 7.85. The standard InChI is InChI=1S/C10H4ClN3O2/c11-8-2-1-6-7(10(8)14(15)16)3-4-13-9(6)5-12/h1-4H. The third-order valence-corrected chi connectivity index (χ3v) is 2.46. The van der Waals surface area contributed by atoms with Gasteiger partial charge in [-0.1, -0.05) is 11.6 Å². The Kier molecular flexibility index (Phi) is 2.43. The van der Waals surface area contributed by atoms with Crippen molar-refractivity contribution >= 4 is 28.1 Å². The SMILES string of the molecule is N#Cc1nccc2c([N+](=O)[O-])c(Cl)ccc12. The predicted molar refractivity (Wildman–Crippen MR) is 58.1 cm³/mol. The van der Waals surface area contributed by atoms with E-state index in [9.17, 15) is 10.1 Å². The monoisotopic (exact) mass is 233 g/mol. The van der Waals surface area contributed by atoms with Crippen molar-refractivity contribution in [2.45, 2.75) is 0 Å². The molecule has 0 saturated carbocycles. The molecule has 0 fully saturated rings. The second-order valence-corrected chi connectivity index (χ2v) is 3.43. The van der Waals surface area contributed by atoms with E-state index in [0.717, 1.165) is 0 Å². The average Bonchev–Trinajstić information content (AvgIpc) is 2.27. The highest BCUT2D eigenvalue weighted by Gasteiger charge is 2.18. The Balaban J connectivity index is 2.96. The maximum Gasteiger partial charge on any atom is 0.295 e. The summed E-state index contributed by atoms with van der Waals surface area (Å²) in [6, 6.07) is 6.30. The van der Waals surface area contributed by atoms with Crippen LogP contribution in [0.15, 0.2) is 24.4 Å². The third-order valence-electron chi connectivity index (χ3n) is 2.16. The van der Waals surface area contributed by atoms with E-state index in [0.29, 0.717) is 10.8 Å². The number of hydrogen-bond donors (Lipinski definition) is 0. The van der Waals surface area contributed by atoms with Gasteiger partial charge in [-0.15, -0.1) is 0 Å². The minimum atomic E-state index is -0.564. The van der Waals surface area contributed by atoms with E-state index in [4.69, 9.17) is 16.9 Å². The largest absolute Gasteiger partial charge is 0.295 e. The first kappa shape index (κ1) is 10.3. The van der Waals surface area contributed by atoms with Crippen LogP contribution < -0.4 is 0 Å². The molecule has 1 aromatic carbocycles. The number of nitro groups is 1. The molecule has 2 aromatic rings. The molecule has 2 rings (SSSR count). The Morgan fingerprint density at radius 2 is 2.12 bits per heavy atom. The van der Waals surface area contributed by atoms with Crippen LogP contribution in [0.4, 0.5) is 5.69 Å². The molecule has 0 saturated heterocycles. The first-order valence-electron chi connectivity index (χ1n) is 4.27. The number of nitrogens with zero attached hydrogens (tertiary/aromatic N) is 3. The Bertz CT molecular complexity index is 634. The summed E-state index contributed by atoms with van der Waals surface area (Å²) >= 11 is 5.75. The van der Waals surface area contributed by atoms with E-state index in [1.165, 1.54) is 18.3 Å². The minimum absolute atomic E-state index is 0.0487. The van der Waals surface area contributed by atoms with Crippen molar-refractivity contribution < 1.29 is 4.92 Å². The van der Waals surface area contributed by atoms with Crippen molar-refractivity contribution in [1.29, 1.82) is 5.26 Å². The highest BCUT2D eigenvalue weighted by atomic mass is 35.5. The lowest BCUT2D eigenvalue weighted by molar-refractivity contribution is -0.382. The zero-order chi connectivity index (χ0) is 11.7. The molecule has 0 amide bonds. The van der Waals surface area contributed by atoms with Crippen molar-refractivity contribution in [1.82, 2.24) is 4.98 Å². The molecule has 0 atom stereocenters. The number of halogens is 1. The van der Waals surface area contributed by atoms with Crippen LogP contribution >= 0.6 is 11.6 Å². The molecule has 0 aliphatic heterocycles. The molecule has 0 spiro atoms. The van der Waals surface area contributed by atoms with Gasteiger partial charge in [-0.25, -0.2) is 4.98 Å². The first-order valence-corrected chi connectivity index (χ1v) is 4.64. The van der Waals surface area contributed by atoms with Crippen molar-refractivity contribution in [2.75, 3.05) is 0 Å². The number of nitro benzene ring substituents is 1. The molecule has 0 aliphatic rings. The maximum absolute atomic E-state index is 10.9. The van der Waals surface area contributed by atoms with Gasteiger partial charge in [0, 0.05) is 11.6 Å². The quantitative estimate of drug-likeness (QED) is 0.560. The van der Waals surface area contributed by atoms with E-state index in [2.05, 4.69) is 4.98 Å². The van der Waals surface area contributed by atoms with Crippen molar-refractivity contribution in [3.05, 3.63) is 45.2 Å². The maximum atomic E-state index is 10.9. The van der Waals surface area contributed by atoms with Gasteiger partial charge >= 0.3 is 0 Å². The molecule has 1 aromatic heterocycles. The van der Waals surface area contributed by atoms with E-state index in [1.54, 1.807) is 6.07 Å². The van der Waals surface area contributed by atoms with Gasteiger partial charge in [0.2, 0.25) is 0 Å². The highest BCUT2D eigenvalue weighted by Crippen LogP contribution is 2.33. The van der Waals surface area contributed by atoms with Gasteiger partial charge < -0.3 is 0 Å². The van der Waals surface area contributed by atoms with Gasteiger partial charge in [-0.2, -0.15) is 5.26 Å². The van der Waals surface area contributed by atoms with E-state index in [1.807, 2.05) is 6.07 Å². The number of rotatable bonds is 1. The Morgan fingerprint density at radius 3 is 2.75 bits per heavy atom. The van der Waals surface area contributed by atoms with Crippen molar-refractivity contribution in [2.24, 2.45) is 0 Å². The smallest absolute Gasteiger partial charge is 0.258 e. The molecular formula is C10H4ClN3O2. The predicted octanol–water partition coefficient (Wildman–Crippen LogP) is 2.67. The fourth-order valence-corrected chi connectivity index (χ4v) is 1.72. The molecule has 78 valence electrons. The number of nitriles is 1. The molecule has 0 unspecified atom stereocenters. The van der Waals surface area contributed by atoms with Crippen LogP contribution in [0.2, 0.25) is 5.02 Å². The van der Waals surface area contributed by atoms with E-state index >= 15 is 0 Å². The molecule has 16 heavy (non-hydrogen) atoms. The van der Waals surface area contributed by atoms with Crippen LogP contribution in [0.1, 0.15) is 5.69 Å². The van der Waals surface area contributed by atoms with Gasteiger partial charge in [0.05, 0.1) is 10.3 Å². The number of aromatic nitrogens is 1. The summed E-state index contributed by atoms with van der Waals surface area (Å²) in [5.74, 6) is 0. The molecule has 0 N–H and O–H groups in total. The summed E-state index contributed by atoms with van der Waals surface area (Å²) in [5, 5.41) is 20.5. The zero-order valence-corrected chi connectivity index (χ0v) is 8.60.